The highest BCUT2D eigenvalue weighted by atomic mass is 15.2. The van der Waals surface area contributed by atoms with Crippen LogP contribution in [0, 0.1) is 0 Å². The van der Waals surface area contributed by atoms with Gasteiger partial charge in [-0.05, 0) is 19.1 Å². The van der Waals surface area contributed by atoms with Gasteiger partial charge in [0, 0.05) is 36.7 Å². The Morgan fingerprint density at radius 3 is 2.93 bits per heavy atom. The van der Waals surface area contributed by atoms with E-state index in [0.717, 1.165) is 12.2 Å². The summed E-state index contributed by atoms with van der Waals surface area (Å²) in [4.78, 5) is 0. The molecule has 0 aromatic carbocycles. The van der Waals surface area contributed by atoms with Crippen LogP contribution in [-0.2, 0) is 13.6 Å². The summed E-state index contributed by atoms with van der Waals surface area (Å²) < 4.78 is 3.96. The van der Waals surface area contributed by atoms with Crippen molar-refractivity contribution >= 4 is 0 Å². The third-order valence-electron chi connectivity index (χ3n) is 2.44. The van der Waals surface area contributed by atoms with Crippen LogP contribution in [0.5, 0.6) is 0 Å². The maximum absolute atomic E-state index is 5.88. The predicted octanol–water partition coefficient (Wildman–Crippen LogP) is 1.29. The third kappa shape index (κ3) is 2.10. The van der Waals surface area contributed by atoms with Crippen molar-refractivity contribution in [3.05, 3.63) is 42.0 Å². The van der Waals surface area contributed by atoms with Crippen LogP contribution < -0.4 is 5.73 Å². The Balaban J connectivity index is 2.20. The van der Waals surface area contributed by atoms with Gasteiger partial charge in [-0.2, -0.15) is 5.10 Å². The smallest absolute Gasteiger partial charge is 0.0539 e. The van der Waals surface area contributed by atoms with Crippen molar-refractivity contribution in [2.24, 2.45) is 12.8 Å². The van der Waals surface area contributed by atoms with Gasteiger partial charge in [-0.1, -0.05) is 0 Å². The molecule has 2 aromatic heterocycles. The van der Waals surface area contributed by atoms with E-state index in [1.165, 1.54) is 5.56 Å². The lowest BCUT2D eigenvalue weighted by molar-refractivity contribution is 0.675. The zero-order chi connectivity index (χ0) is 10.8. The second-order valence-corrected chi connectivity index (χ2v) is 3.87. The Hall–Kier alpha value is -1.55. The molecule has 1 atom stereocenters. The summed E-state index contributed by atoms with van der Waals surface area (Å²) in [6.07, 6.45) is 5.95. The zero-order valence-corrected chi connectivity index (χ0v) is 9.09. The minimum Gasteiger partial charge on any atom is -0.345 e. The zero-order valence-electron chi connectivity index (χ0n) is 9.09. The molecule has 0 saturated carbocycles. The molecule has 2 rings (SSSR count). The summed E-state index contributed by atoms with van der Waals surface area (Å²) in [7, 11) is 1.92. The molecule has 0 spiro atoms. The molecule has 0 radical (unpaired) electrons. The summed E-state index contributed by atoms with van der Waals surface area (Å²) in [5.74, 6) is 0. The van der Waals surface area contributed by atoms with E-state index in [9.17, 15) is 0 Å². The number of aryl methyl sites for hydroxylation is 1. The molecule has 2 heterocycles. The highest BCUT2D eigenvalue weighted by Crippen LogP contribution is 2.12. The maximum Gasteiger partial charge on any atom is 0.0539 e. The molecule has 0 fully saturated rings. The van der Waals surface area contributed by atoms with Crippen molar-refractivity contribution in [1.82, 2.24) is 14.3 Å². The van der Waals surface area contributed by atoms with Gasteiger partial charge in [0.05, 0.1) is 12.7 Å². The quantitative estimate of drug-likeness (QED) is 0.819. The lowest BCUT2D eigenvalue weighted by atomic mass is 10.2. The van der Waals surface area contributed by atoms with Crippen LogP contribution in [0.3, 0.4) is 0 Å². The minimum absolute atomic E-state index is 0.0664. The van der Waals surface area contributed by atoms with Crippen LogP contribution in [0.2, 0.25) is 0 Å². The van der Waals surface area contributed by atoms with Gasteiger partial charge in [0.1, 0.15) is 0 Å². The standard InChI is InChI=1S/C11H16N4/c1-9(12)11-4-3-5-15(11)8-10-6-13-14(2)7-10/h3-7,9H,8,12H2,1-2H3. The van der Waals surface area contributed by atoms with Crippen LogP contribution in [-0.4, -0.2) is 14.3 Å². The van der Waals surface area contributed by atoms with Crippen molar-refractivity contribution in [1.29, 1.82) is 0 Å². The average molecular weight is 204 g/mol. The van der Waals surface area contributed by atoms with E-state index in [0.29, 0.717) is 0 Å². The lowest BCUT2D eigenvalue weighted by Crippen LogP contribution is -2.12. The molecule has 0 aliphatic heterocycles. The molecule has 1 unspecified atom stereocenters. The largest absolute Gasteiger partial charge is 0.345 e. The Bertz CT molecular complexity index is 439. The van der Waals surface area contributed by atoms with Crippen LogP contribution in [0.25, 0.3) is 0 Å². The molecule has 0 saturated heterocycles. The fraction of sp³-hybridized carbons (Fsp3) is 0.364. The Kier molecular flexibility index (Phi) is 2.60. The summed E-state index contributed by atoms with van der Waals surface area (Å²) >= 11 is 0. The number of nitrogens with two attached hydrogens (primary N) is 1. The molecule has 0 bridgehead atoms. The first-order valence-electron chi connectivity index (χ1n) is 5.05. The van der Waals surface area contributed by atoms with E-state index in [-0.39, 0.29) is 6.04 Å². The van der Waals surface area contributed by atoms with Gasteiger partial charge in [-0.3, -0.25) is 4.68 Å². The van der Waals surface area contributed by atoms with Gasteiger partial charge in [-0.15, -0.1) is 0 Å². The van der Waals surface area contributed by atoms with Crippen molar-refractivity contribution in [2.75, 3.05) is 0 Å². The predicted molar refractivity (Wildman–Crippen MR) is 59.3 cm³/mol. The van der Waals surface area contributed by atoms with Crippen LogP contribution >= 0.6 is 0 Å². The van der Waals surface area contributed by atoms with Gasteiger partial charge in [-0.25, -0.2) is 0 Å². The van der Waals surface area contributed by atoms with Crippen molar-refractivity contribution < 1.29 is 0 Å². The SMILES string of the molecule is CC(N)c1cccn1Cc1cnn(C)c1. The van der Waals surface area contributed by atoms with E-state index in [2.05, 4.69) is 15.7 Å². The molecular weight excluding hydrogens is 188 g/mol. The molecule has 4 heteroatoms. The summed E-state index contributed by atoms with van der Waals surface area (Å²) in [5.41, 5.74) is 8.22. The Morgan fingerprint density at radius 1 is 1.53 bits per heavy atom. The van der Waals surface area contributed by atoms with Gasteiger partial charge in [0.15, 0.2) is 0 Å². The number of aromatic nitrogens is 3. The van der Waals surface area contributed by atoms with Crippen molar-refractivity contribution in [3.8, 4) is 0 Å². The molecule has 4 nitrogen and oxygen atoms in total. The number of hydrogen-bond acceptors (Lipinski definition) is 2. The summed E-state index contributed by atoms with van der Waals surface area (Å²) in [6.45, 7) is 2.83. The molecule has 2 aromatic rings. The molecule has 15 heavy (non-hydrogen) atoms. The number of nitrogens with zero attached hydrogens (tertiary/aromatic N) is 3. The Morgan fingerprint density at radius 2 is 2.33 bits per heavy atom. The molecule has 80 valence electrons. The molecule has 2 N–H and O–H groups in total. The first-order chi connectivity index (χ1) is 7.16. The molecular formula is C11H16N4. The van der Waals surface area contributed by atoms with Gasteiger partial charge >= 0.3 is 0 Å². The third-order valence-corrected chi connectivity index (χ3v) is 2.44. The second kappa shape index (κ2) is 3.90. The van der Waals surface area contributed by atoms with Crippen LogP contribution in [0.4, 0.5) is 0 Å². The summed E-state index contributed by atoms with van der Waals surface area (Å²) in [5, 5.41) is 4.14. The van der Waals surface area contributed by atoms with E-state index in [1.807, 2.05) is 43.3 Å². The molecule has 0 amide bonds. The van der Waals surface area contributed by atoms with Gasteiger partial charge < -0.3 is 10.3 Å². The van der Waals surface area contributed by atoms with E-state index >= 15 is 0 Å². The number of hydrogen-bond donors (Lipinski definition) is 1. The van der Waals surface area contributed by atoms with E-state index in [4.69, 9.17) is 5.73 Å². The van der Waals surface area contributed by atoms with E-state index < -0.39 is 0 Å². The first kappa shape index (κ1) is 9.98. The number of rotatable bonds is 3. The lowest BCUT2D eigenvalue weighted by Gasteiger charge is -2.10. The molecule has 0 aliphatic carbocycles. The first-order valence-corrected chi connectivity index (χ1v) is 5.05. The monoisotopic (exact) mass is 204 g/mol. The highest BCUT2D eigenvalue weighted by Gasteiger charge is 2.06. The topological polar surface area (TPSA) is 48.8 Å². The van der Waals surface area contributed by atoms with Gasteiger partial charge in [0.2, 0.25) is 0 Å². The fourth-order valence-corrected chi connectivity index (χ4v) is 1.73. The molecule has 0 aliphatic rings. The van der Waals surface area contributed by atoms with Crippen LogP contribution in [0.15, 0.2) is 30.7 Å². The fourth-order valence-electron chi connectivity index (χ4n) is 1.73. The Labute approximate surface area is 89.3 Å². The second-order valence-electron chi connectivity index (χ2n) is 3.87. The maximum atomic E-state index is 5.88. The normalized spacial score (nSPS) is 13.0. The minimum atomic E-state index is 0.0664. The highest BCUT2D eigenvalue weighted by molar-refractivity contribution is 5.14. The van der Waals surface area contributed by atoms with E-state index in [1.54, 1.807) is 0 Å². The average Bonchev–Trinajstić information content (AvgIpc) is 2.75. The van der Waals surface area contributed by atoms with Crippen molar-refractivity contribution in [2.45, 2.75) is 19.5 Å². The summed E-state index contributed by atoms with van der Waals surface area (Å²) in [6, 6.07) is 4.15. The van der Waals surface area contributed by atoms with Crippen molar-refractivity contribution in [3.63, 3.8) is 0 Å². The van der Waals surface area contributed by atoms with Gasteiger partial charge in [0.25, 0.3) is 0 Å². The van der Waals surface area contributed by atoms with Crippen LogP contribution in [0.1, 0.15) is 24.2 Å².